The number of rotatable bonds is 25. The molecule has 7 aromatic rings. The summed E-state index contributed by atoms with van der Waals surface area (Å²) >= 11 is 0. The minimum atomic E-state index is -1.12. The summed E-state index contributed by atoms with van der Waals surface area (Å²) in [5, 5.41) is 0. The van der Waals surface area contributed by atoms with Gasteiger partial charge in [0.15, 0.2) is 18.7 Å². The molecule has 0 radical (unpaired) electrons. The van der Waals surface area contributed by atoms with E-state index in [0.29, 0.717) is 5.56 Å². The van der Waals surface area contributed by atoms with E-state index in [1.165, 1.54) is 0 Å². The van der Waals surface area contributed by atoms with Gasteiger partial charge in [0.25, 0.3) is 0 Å². The van der Waals surface area contributed by atoms with E-state index in [0.717, 1.165) is 33.4 Å². The molecule has 384 valence electrons. The third kappa shape index (κ3) is 14.9. The van der Waals surface area contributed by atoms with Crippen LogP contribution in [-0.2, 0) is 91.7 Å². The Morgan fingerprint density at radius 1 is 0.351 bits per heavy atom. The number of esters is 1. The summed E-state index contributed by atoms with van der Waals surface area (Å²) in [5.74, 6) is -0.549. The van der Waals surface area contributed by atoms with Crippen molar-refractivity contribution in [2.45, 2.75) is 101 Å². The van der Waals surface area contributed by atoms with Crippen LogP contribution in [0.25, 0.3) is 0 Å². The molecule has 0 amide bonds. The molecular weight excluding hydrogens is 937 g/mol. The highest BCUT2D eigenvalue weighted by molar-refractivity contribution is 5.89. The van der Waals surface area contributed by atoms with E-state index >= 15 is 0 Å². The molecule has 1 unspecified atom stereocenters. The van der Waals surface area contributed by atoms with Crippen molar-refractivity contribution in [2.24, 2.45) is 0 Å². The lowest BCUT2D eigenvalue weighted by molar-refractivity contribution is -0.348. The third-order valence-corrected chi connectivity index (χ3v) is 12.9. The number of hydrogen-bond donors (Lipinski definition) is 0. The van der Waals surface area contributed by atoms with Crippen LogP contribution in [0.5, 0.6) is 0 Å². The van der Waals surface area contributed by atoms with Crippen LogP contribution in [0.3, 0.4) is 0 Å². The maximum absolute atomic E-state index is 14.2. The Morgan fingerprint density at radius 3 is 1.09 bits per heavy atom. The Hall–Kier alpha value is -6.39. The monoisotopic (exact) mass is 1000 g/mol. The van der Waals surface area contributed by atoms with E-state index in [-0.39, 0.29) is 52.9 Å². The van der Waals surface area contributed by atoms with Gasteiger partial charge in [-0.05, 0) is 45.5 Å². The summed E-state index contributed by atoms with van der Waals surface area (Å²) in [6.07, 6.45) is -8.82. The molecule has 7 aromatic carbocycles. The van der Waals surface area contributed by atoms with Gasteiger partial charge in [-0.15, -0.1) is 0 Å². The lowest BCUT2D eigenvalue weighted by Gasteiger charge is -2.47. The summed E-state index contributed by atoms with van der Waals surface area (Å²) in [7, 11) is 1.59. The SMILES string of the molecule is CO[C@H]1O[C@H](COC2O[C@H](COCc3ccccc3)[C@@H](OC(=O)c3ccccc3)[C@H](OCc3ccccc3)[C@@H]2OCc2ccccc2)[C@@H](OCc2ccccc2)[C@H](OCc2ccccc2)[C@H]1OCc1ccccc1. The molecule has 10 atom stereocenters. The number of carbonyl (C=O) groups is 1. The van der Waals surface area contributed by atoms with Gasteiger partial charge in [0.2, 0.25) is 0 Å². The third-order valence-electron chi connectivity index (χ3n) is 12.9. The normalized spacial score (nSPS) is 23.7. The van der Waals surface area contributed by atoms with E-state index in [4.69, 9.17) is 52.1 Å². The lowest BCUT2D eigenvalue weighted by Crippen LogP contribution is -2.64. The van der Waals surface area contributed by atoms with Gasteiger partial charge >= 0.3 is 5.97 Å². The highest BCUT2D eigenvalue weighted by atomic mass is 16.8. The van der Waals surface area contributed by atoms with Crippen molar-refractivity contribution in [1.29, 1.82) is 0 Å². The van der Waals surface area contributed by atoms with E-state index in [1.54, 1.807) is 31.4 Å². The van der Waals surface area contributed by atoms with Gasteiger partial charge in [-0.2, -0.15) is 0 Å². The summed E-state index contributed by atoms with van der Waals surface area (Å²) in [4.78, 5) is 14.2. The van der Waals surface area contributed by atoms with Gasteiger partial charge in [-0.25, -0.2) is 4.79 Å². The molecule has 0 aromatic heterocycles. The van der Waals surface area contributed by atoms with Crippen molar-refractivity contribution in [3.05, 3.63) is 251 Å². The van der Waals surface area contributed by atoms with Gasteiger partial charge in [0, 0.05) is 7.11 Å². The van der Waals surface area contributed by atoms with Crippen LogP contribution in [-0.4, -0.2) is 87.7 Å². The minimum absolute atomic E-state index is 0.0163. The molecule has 0 bridgehead atoms. The Labute approximate surface area is 433 Å². The lowest BCUT2D eigenvalue weighted by atomic mass is 9.96. The molecular formula is C62H64O12. The molecule has 2 heterocycles. The van der Waals surface area contributed by atoms with Gasteiger partial charge < -0.3 is 52.1 Å². The summed E-state index contributed by atoms with van der Waals surface area (Å²) in [6.45, 7) is 1.33. The average molecular weight is 1000 g/mol. The van der Waals surface area contributed by atoms with Crippen molar-refractivity contribution < 1.29 is 56.9 Å². The summed E-state index contributed by atoms with van der Waals surface area (Å²) in [6, 6.07) is 68.2. The van der Waals surface area contributed by atoms with Crippen LogP contribution >= 0.6 is 0 Å². The highest BCUT2D eigenvalue weighted by Crippen LogP contribution is 2.35. The van der Waals surface area contributed by atoms with Crippen LogP contribution in [0, 0.1) is 0 Å². The van der Waals surface area contributed by atoms with Crippen molar-refractivity contribution in [1.82, 2.24) is 0 Å². The standard InChI is InChI=1S/C62H64O12/c1-64-61-58(69-41-49-31-17-6-18-32-49)56(67-39-47-27-13-4-14-28-47)54(66-38-46-25-11-3-12-26-46)53(72-61)44-71-62-59(70-42-50-33-19-7-20-34-50)57(68-40-48-29-15-5-16-30-48)55(74-60(63)51-35-21-8-22-36-51)52(73-62)43-65-37-45-23-9-2-10-24-45/h2-36,52-59,61-62H,37-44H2,1H3/t52-,53-,54-,55-,56+,57+,58-,59+,61+,62?/m1/s1. The van der Waals surface area contributed by atoms with Gasteiger partial charge in [0.1, 0.15) is 42.7 Å². The predicted molar refractivity (Wildman–Crippen MR) is 277 cm³/mol. The second-order valence-corrected chi connectivity index (χ2v) is 18.2. The molecule has 2 saturated heterocycles. The predicted octanol–water partition coefficient (Wildman–Crippen LogP) is 10.5. The second kappa shape index (κ2) is 27.8. The maximum Gasteiger partial charge on any atom is 0.338 e. The van der Waals surface area contributed by atoms with Crippen LogP contribution in [0.15, 0.2) is 212 Å². The van der Waals surface area contributed by atoms with E-state index < -0.39 is 67.4 Å². The van der Waals surface area contributed by atoms with Crippen LogP contribution in [0.2, 0.25) is 0 Å². The van der Waals surface area contributed by atoms with Crippen molar-refractivity contribution in [3.63, 3.8) is 0 Å². The van der Waals surface area contributed by atoms with Crippen LogP contribution in [0.1, 0.15) is 43.7 Å². The first kappa shape index (κ1) is 52.5. The molecule has 2 aliphatic rings. The van der Waals surface area contributed by atoms with Crippen LogP contribution in [0.4, 0.5) is 0 Å². The number of methoxy groups -OCH3 is 1. The molecule has 0 aliphatic carbocycles. The molecule has 9 rings (SSSR count). The Bertz CT molecular complexity index is 2650. The average Bonchev–Trinajstić information content (AvgIpc) is 3.46. The first-order valence-corrected chi connectivity index (χ1v) is 25.2. The van der Waals surface area contributed by atoms with Gasteiger partial charge in [-0.3, -0.25) is 0 Å². The zero-order chi connectivity index (χ0) is 50.6. The van der Waals surface area contributed by atoms with E-state index in [9.17, 15) is 4.79 Å². The van der Waals surface area contributed by atoms with Crippen molar-refractivity contribution in [2.75, 3.05) is 20.3 Å². The highest BCUT2D eigenvalue weighted by Gasteiger charge is 2.53. The Morgan fingerprint density at radius 2 is 0.676 bits per heavy atom. The molecule has 0 saturated carbocycles. The summed E-state index contributed by atoms with van der Waals surface area (Å²) in [5.41, 5.74) is 6.07. The largest absolute Gasteiger partial charge is 0.453 e. The molecule has 12 nitrogen and oxygen atoms in total. The molecule has 2 fully saturated rings. The molecule has 2 aliphatic heterocycles. The van der Waals surface area contributed by atoms with Crippen molar-refractivity contribution >= 4 is 5.97 Å². The van der Waals surface area contributed by atoms with Gasteiger partial charge in [-0.1, -0.05) is 200 Å². The number of carbonyl (C=O) groups excluding carboxylic acids is 1. The van der Waals surface area contributed by atoms with E-state index in [2.05, 4.69) is 0 Å². The van der Waals surface area contributed by atoms with E-state index in [1.807, 2.05) is 188 Å². The molecule has 0 N–H and O–H groups in total. The fourth-order valence-electron chi connectivity index (χ4n) is 9.08. The Kier molecular flexibility index (Phi) is 19.7. The number of ether oxygens (including phenoxy) is 11. The topological polar surface area (TPSA) is 119 Å². The molecule has 12 heteroatoms. The first-order valence-electron chi connectivity index (χ1n) is 25.2. The maximum atomic E-state index is 14.2. The smallest absolute Gasteiger partial charge is 0.338 e. The number of hydrogen-bond acceptors (Lipinski definition) is 12. The van der Waals surface area contributed by atoms with Crippen LogP contribution < -0.4 is 0 Å². The van der Waals surface area contributed by atoms with Crippen molar-refractivity contribution in [3.8, 4) is 0 Å². The summed E-state index contributed by atoms with van der Waals surface area (Å²) < 4.78 is 74.2. The first-order chi connectivity index (χ1) is 36.6. The Balaban J connectivity index is 1.06. The fourth-order valence-corrected chi connectivity index (χ4v) is 9.08. The van der Waals surface area contributed by atoms with Gasteiger partial charge in [0.05, 0.1) is 58.4 Å². The molecule has 74 heavy (non-hydrogen) atoms. The second-order valence-electron chi connectivity index (χ2n) is 18.2. The number of benzene rings is 7. The molecule has 0 spiro atoms. The quantitative estimate of drug-likeness (QED) is 0.0507. The zero-order valence-corrected chi connectivity index (χ0v) is 41.5. The zero-order valence-electron chi connectivity index (χ0n) is 41.5. The minimum Gasteiger partial charge on any atom is -0.453 e. The fraction of sp³-hybridized carbons (Fsp3) is 0.306.